The molecule has 1 saturated heterocycles. The van der Waals surface area contributed by atoms with E-state index < -0.39 is 4.92 Å². The van der Waals surface area contributed by atoms with Crippen molar-refractivity contribution in [3.8, 4) is 17.3 Å². The number of rotatable bonds is 4. The summed E-state index contributed by atoms with van der Waals surface area (Å²) in [5, 5.41) is 26.6. The molecule has 2 aromatic heterocycles. The summed E-state index contributed by atoms with van der Waals surface area (Å²) < 4.78 is 6.92. The number of nitro benzene ring substituents is 1. The average Bonchev–Trinajstić information content (AvgIpc) is 3.29. The van der Waals surface area contributed by atoms with Crippen LogP contribution in [-0.2, 0) is 0 Å². The fourth-order valence-electron chi connectivity index (χ4n) is 3.07. The zero-order chi connectivity index (χ0) is 19.0. The Kier molecular flexibility index (Phi) is 5.68. The van der Waals surface area contributed by atoms with Crippen molar-refractivity contribution in [3.05, 3.63) is 45.9 Å². The van der Waals surface area contributed by atoms with E-state index in [1.54, 1.807) is 19.1 Å². The number of nitrogens with zero attached hydrogens (tertiary/aromatic N) is 7. The number of hydrogen-bond donors (Lipinski definition) is 1. The second kappa shape index (κ2) is 8.00. The van der Waals surface area contributed by atoms with E-state index in [9.17, 15) is 10.1 Å². The highest BCUT2D eigenvalue weighted by Crippen LogP contribution is 2.25. The number of nitrogens with one attached hydrogen (secondary N) is 1. The summed E-state index contributed by atoms with van der Waals surface area (Å²) in [4.78, 5) is 17.2. The third-order valence-corrected chi connectivity index (χ3v) is 4.63. The van der Waals surface area contributed by atoms with E-state index in [0.717, 1.165) is 19.6 Å². The van der Waals surface area contributed by atoms with E-state index in [4.69, 9.17) is 4.52 Å². The number of likely N-dealkylation sites (N-methyl/N-ethyl adjacent to an activating group) is 1. The van der Waals surface area contributed by atoms with E-state index in [1.807, 2.05) is 7.05 Å². The highest BCUT2D eigenvalue weighted by molar-refractivity contribution is 5.85. The molecule has 1 atom stereocenters. The molecule has 0 radical (unpaired) electrons. The maximum Gasteiger partial charge on any atom is 0.280 e. The number of piperazine rings is 1. The molecule has 0 bridgehead atoms. The molecule has 4 rings (SSSR count). The van der Waals surface area contributed by atoms with Gasteiger partial charge in [-0.2, -0.15) is 4.98 Å². The lowest BCUT2D eigenvalue weighted by Gasteiger charge is -2.30. The van der Waals surface area contributed by atoms with Crippen molar-refractivity contribution in [2.75, 3.05) is 26.7 Å². The van der Waals surface area contributed by atoms with Crippen molar-refractivity contribution in [2.24, 2.45) is 0 Å². The summed E-state index contributed by atoms with van der Waals surface area (Å²) in [6, 6.07) is 6.22. The topological polar surface area (TPSA) is 128 Å². The molecule has 0 saturated carbocycles. The molecule has 12 heteroatoms. The fourth-order valence-corrected chi connectivity index (χ4v) is 3.07. The zero-order valence-electron chi connectivity index (χ0n) is 15.3. The first-order valence-electron chi connectivity index (χ1n) is 8.46. The van der Waals surface area contributed by atoms with Gasteiger partial charge in [-0.3, -0.25) is 15.0 Å². The van der Waals surface area contributed by atoms with Crippen LogP contribution in [0.5, 0.6) is 0 Å². The molecule has 1 aliphatic heterocycles. The molecule has 1 unspecified atom stereocenters. The van der Waals surface area contributed by atoms with Crippen LogP contribution in [0.3, 0.4) is 0 Å². The van der Waals surface area contributed by atoms with Gasteiger partial charge in [-0.15, -0.1) is 17.5 Å². The summed E-state index contributed by atoms with van der Waals surface area (Å²) in [6.07, 6.45) is 0. The van der Waals surface area contributed by atoms with Crippen molar-refractivity contribution in [1.82, 2.24) is 35.4 Å². The predicted octanol–water partition coefficient (Wildman–Crippen LogP) is 1.53. The lowest BCUT2D eigenvalue weighted by molar-refractivity contribution is -0.384. The van der Waals surface area contributed by atoms with Crippen LogP contribution >= 0.6 is 12.4 Å². The fraction of sp³-hybridized carbons (Fsp3) is 0.375. The van der Waals surface area contributed by atoms with Crippen molar-refractivity contribution in [2.45, 2.75) is 13.0 Å². The molecule has 3 heterocycles. The van der Waals surface area contributed by atoms with Crippen LogP contribution in [0.1, 0.15) is 17.6 Å². The molecule has 3 aromatic rings. The zero-order valence-corrected chi connectivity index (χ0v) is 16.1. The number of hydrogen-bond acceptors (Lipinski definition) is 9. The molecule has 148 valence electrons. The highest BCUT2D eigenvalue weighted by Gasteiger charge is 2.27. The Bertz CT molecular complexity index is 988. The average molecular weight is 407 g/mol. The van der Waals surface area contributed by atoms with E-state index in [1.165, 1.54) is 16.8 Å². The molecule has 0 aliphatic carbocycles. The van der Waals surface area contributed by atoms with Gasteiger partial charge in [0.15, 0.2) is 11.5 Å². The van der Waals surface area contributed by atoms with Crippen LogP contribution in [0, 0.1) is 17.0 Å². The molecular weight excluding hydrogens is 388 g/mol. The first-order chi connectivity index (χ1) is 13.0. The van der Waals surface area contributed by atoms with Crippen LogP contribution in [0.15, 0.2) is 28.8 Å². The monoisotopic (exact) mass is 406 g/mol. The first-order valence-corrected chi connectivity index (χ1v) is 8.46. The van der Waals surface area contributed by atoms with Gasteiger partial charge in [0.1, 0.15) is 0 Å². The molecule has 11 nitrogen and oxygen atoms in total. The number of benzene rings is 1. The Morgan fingerprint density at radius 3 is 2.96 bits per heavy atom. The largest absolute Gasteiger partial charge is 0.332 e. The minimum absolute atomic E-state index is 0. The van der Waals surface area contributed by atoms with Crippen molar-refractivity contribution in [3.63, 3.8) is 0 Å². The van der Waals surface area contributed by atoms with Crippen LogP contribution in [0.25, 0.3) is 17.3 Å². The molecule has 1 fully saturated rings. The van der Waals surface area contributed by atoms with Gasteiger partial charge in [-0.1, -0.05) is 16.4 Å². The van der Waals surface area contributed by atoms with Crippen LogP contribution in [0.4, 0.5) is 5.69 Å². The van der Waals surface area contributed by atoms with Crippen LogP contribution in [-0.4, -0.2) is 61.6 Å². The van der Waals surface area contributed by atoms with Gasteiger partial charge in [-0.05, 0) is 20.0 Å². The van der Waals surface area contributed by atoms with Crippen molar-refractivity contribution >= 4 is 18.1 Å². The molecule has 1 N–H and O–H groups in total. The minimum Gasteiger partial charge on any atom is -0.332 e. The minimum atomic E-state index is -0.449. The van der Waals surface area contributed by atoms with Crippen LogP contribution < -0.4 is 5.32 Å². The second-order valence-corrected chi connectivity index (χ2v) is 6.37. The van der Waals surface area contributed by atoms with Gasteiger partial charge in [0, 0.05) is 31.8 Å². The Balaban J connectivity index is 0.00000225. The van der Waals surface area contributed by atoms with Gasteiger partial charge in [0.2, 0.25) is 0 Å². The van der Waals surface area contributed by atoms with Gasteiger partial charge in [0.05, 0.1) is 22.3 Å². The summed E-state index contributed by atoms with van der Waals surface area (Å²) in [6.45, 7) is 4.37. The molecular formula is C16H19ClN8O3. The van der Waals surface area contributed by atoms with Gasteiger partial charge in [-0.25, -0.2) is 4.68 Å². The van der Waals surface area contributed by atoms with Crippen molar-refractivity contribution < 1.29 is 9.45 Å². The smallest absolute Gasteiger partial charge is 0.280 e. The van der Waals surface area contributed by atoms with Gasteiger partial charge >= 0.3 is 0 Å². The molecule has 1 aliphatic rings. The summed E-state index contributed by atoms with van der Waals surface area (Å²) in [5.74, 6) is 0.863. The summed E-state index contributed by atoms with van der Waals surface area (Å²) in [7, 11) is 2.02. The highest BCUT2D eigenvalue weighted by atomic mass is 35.5. The van der Waals surface area contributed by atoms with E-state index in [2.05, 4.69) is 30.7 Å². The van der Waals surface area contributed by atoms with Gasteiger partial charge in [0.25, 0.3) is 11.6 Å². The van der Waals surface area contributed by atoms with Crippen molar-refractivity contribution in [1.29, 1.82) is 0 Å². The third-order valence-electron chi connectivity index (χ3n) is 4.63. The number of non-ortho nitro benzene ring substituents is 1. The molecule has 28 heavy (non-hydrogen) atoms. The normalized spacial score (nSPS) is 17.3. The Morgan fingerprint density at radius 1 is 1.39 bits per heavy atom. The van der Waals surface area contributed by atoms with E-state index >= 15 is 0 Å². The maximum absolute atomic E-state index is 11.0. The van der Waals surface area contributed by atoms with Gasteiger partial charge < -0.3 is 9.84 Å². The lowest BCUT2D eigenvalue weighted by atomic mass is 10.2. The maximum atomic E-state index is 11.0. The molecule has 1 aromatic carbocycles. The van der Waals surface area contributed by atoms with Crippen LogP contribution in [0.2, 0.25) is 0 Å². The lowest BCUT2D eigenvalue weighted by Crippen LogP contribution is -2.44. The Hall–Kier alpha value is -2.89. The Labute approximate surface area is 166 Å². The SMILES string of the molecule is Cc1c(-c2nc(C3CNCCN3C)no2)nnn1-c1cccc([N+](=O)[O-])c1.Cl. The van der Waals surface area contributed by atoms with E-state index in [-0.39, 0.29) is 30.0 Å². The standard InChI is InChI=1S/C16H18N8O3.ClH/c1-10-14(16-18-15(20-27-16)13-9-17-6-7-22(13)2)19-21-23(10)11-4-3-5-12(8-11)24(25)26;/h3-5,8,13,17H,6-7,9H2,1-2H3;1H. The summed E-state index contributed by atoms with van der Waals surface area (Å²) in [5.41, 5.74) is 1.63. The number of nitro groups is 1. The first kappa shape index (κ1) is 19.9. The van der Waals surface area contributed by atoms with E-state index in [0.29, 0.717) is 22.9 Å². The summed E-state index contributed by atoms with van der Waals surface area (Å²) >= 11 is 0. The second-order valence-electron chi connectivity index (χ2n) is 6.37. The molecule has 0 spiro atoms. The predicted molar refractivity (Wildman–Crippen MR) is 102 cm³/mol. The number of aromatic nitrogens is 5. The number of halogens is 1. The Morgan fingerprint density at radius 2 is 2.21 bits per heavy atom. The quantitative estimate of drug-likeness (QED) is 0.506. The molecule has 0 amide bonds. The third kappa shape index (κ3) is 3.59.